The van der Waals surface area contributed by atoms with Crippen LogP contribution in [-0.4, -0.2) is 32.2 Å². The lowest BCUT2D eigenvalue weighted by atomic mass is 10.0. The van der Waals surface area contributed by atoms with Crippen LogP contribution < -0.4 is 10.6 Å². The molecule has 2 aromatic rings. The SMILES string of the molecule is C#CCCC1(CCC(=O)Nc2ccc(NC(=O)C(C)n3cncn3)cc2)N=N1. The van der Waals surface area contributed by atoms with Crippen LogP contribution >= 0.6 is 0 Å². The van der Waals surface area contributed by atoms with Gasteiger partial charge < -0.3 is 10.6 Å². The lowest BCUT2D eigenvalue weighted by Crippen LogP contribution is -2.24. The van der Waals surface area contributed by atoms with Gasteiger partial charge in [-0.25, -0.2) is 9.67 Å². The van der Waals surface area contributed by atoms with Gasteiger partial charge in [0.25, 0.3) is 0 Å². The number of aromatic nitrogens is 3. The largest absolute Gasteiger partial charge is 0.326 e. The zero-order chi connectivity index (χ0) is 20.0. The summed E-state index contributed by atoms with van der Waals surface area (Å²) in [5, 5.41) is 17.6. The van der Waals surface area contributed by atoms with Crippen molar-refractivity contribution < 1.29 is 9.59 Å². The predicted octanol–water partition coefficient (Wildman–Crippen LogP) is 2.77. The lowest BCUT2D eigenvalue weighted by Gasteiger charge is -2.13. The molecule has 0 spiro atoms. The molecule has 0 saturated heterocycles. The Labute approximate surface area is 162 Å². The summed E-state index contributed by atoms with van der Waals surface area (Å²) in [6.45, 7) is 1.73. The van der Waals surface area contributed by atoms with E-state index < -0.39 is 11.7 Å². The van der Waals surface area contributed by atoms with E-state index in [0.29, 0.717) is 37.1 Å². The summed E-state index contributed by atoms with van der Waals surface area (Å²) in [6, 6.07) is 6.42. The fourth-order valence-corrected chi connectivity index (χ4v) is 2.63. The Balaban J connectivity index is 1.46. The Hall–Kier alpha value is -3.54. The number of terminal acetylenes is 1. The van der Waals surface area contributed by atoms with E-state index in [-0.39, 0.29) is 11.8 Å². The van der Waals surface area contributed by atoms with Gasteiger partial charge in [-0.1, -0.05) is 0 Å². The molecule has 0 radical (unpaired) electrons. The maximum atomic E-state index is 12.2. The first-order valence-corrected chi connectivity index (χ1v) is 8.94. The predicted molar refractivity (Wildman–Crippen MR) is 103 cm³/mol. The number of anilines is 2. The first-order chi connectivity index (χ1) is 13.5. The normalized spacial score (nSPS) is 14.7. The molecule has 1 unspecified atom stereocenters. The van der Waals surface area contributed by atoms with Crippen LogP contribution in [0.25, 0.3) is 0 Å². The smallest absolute Gasteiger partial charge is 0.249 e. The lowest BCUT2D eigenvalue weighted by molar-refractivity contribution is -0.119. The summed E-state index contributed by atoms with van der Waals surface area (Å²) in [5.41, 5.74) is 0.812. The molecular formula is C19H21N7O2. The third-order valence-electron chi connectivity index (χ3n) is 4.45. The van der Waals surface area contributed by atoms with Crippen molar-refractivity contribution in [3.63, 3.8) is 0 Å². The Bertz CT molecular complexity index is 891. The zero-order valence-corrected chi connectivity index (χ0v) is 15.5. The van der Waals surface area contributed by atoms with E-state index in [4.69, 9.17) is 6.42 Å². The molecule has 9 nitrogen and oxygen atoms in total. The number of carbonyl (C=O) groups is 2. The van der Waals surface area contributed by atoms with E-state index in [1.54, 1.807) is 31.2 Å². The highest BCUT2D eigenvalue weighted by Gasteiger charge is 2.39. The molecule has 3 rings (SSSR count). The molecule has 1 atom stereocenters. The summed E-state index contributed by atoms with van der Waals surface area (Å²) in [7, 11) is 0. The first-order valence-electron chi connectivity index (χ1n) is 8.94. The van der Waals surface area contributed by atoms with Crippen LogP contribution in [-0.2, 0) is 9.59 Å². The van der Waals surface area contributed by atoms with Gasteiger partial charge in [0.1, 0.15) is 18.7 Å². The van der Waals surface area contributed by atoms with Crippen molar-refractivity contribution >= 4 is 23.2 Å². The maximum Gasteiger partial charge on any atom is 0.249 e. The molecule has 0 bridgehead atoms. The van der Waals surface area contributed by atoms with Crippen molar-refractivity contribution in [1.29, 1.82) is 0 Å². The Morgan fingerprint density at radius 3 is 2.43 bits per heavy atom. The van der Waals surface area contributed by atoms with Crippen LogP contribution in [0.4, 0.5) is 11.4 Å². The quantitative estimate of drug-likeness (QED) is 0.652. The summed E-state index contributed by atoms with van der Waals surface area (Å²) in [4.78, 5) is 28.2. The van der Waals surface area contributed by atoms with Crippen LogP contribution in [0, 0.1) is 12.3 Å². The van der Waals surface area contributed by atoms with Crippen LogP contribution in [0.1, 0.15) is 38.6 Å². The number of nitrogens with one attached hydrogen (secondary N) is 2. The fourth-order valence-electron chi connectivity index (χ4n) is 2.63. The molecule has 2 N–H and O–H groups in total. The van der Waals surface area contributed by atoms with Crippen LogP contribution in [0.2, 0.25) is 0 Å². The minimum Gasteiger partial charge on any atom is -0.326 e. The standard InChI is InChI=1S/C19H21N7O2/c1-3-4-10-19(24-25-19)11-9-17(27)22-15-5-7-16(8-6-15)23-18(28)14(2)26-13-20-12-21-26/h1,5-8,12-14H,4,9-11H2,2H3,(H,22,27)(H,23,28). The van der Waals surface area contributed by atoms with Crippen molar-refractivity contribution in [2.45, 2.75) is 44.3 Å². The van der Waals surface area contributed by atoms with Crippen LogP contribution in [0.5, 0.6) is 0 Å². The molecular weight excluding hydrogens is 358 g/mol. The monoisotopic (exact) mass is 379 g/mol. The highest BCUT2D eigenvalue weighted by atomic mass is 16.2. The van der Waals surface area contributed by atoms with Gasteiger partial charge in [0, 0.05) is 37.1 Å². The zero-order valence-electron chi connectivity index (χ0n) is 15.5. The summed E-state index contributed by atoms with van der Waals surface area (Å²) in [5.74, 6) is 2.24. The molecule has 9 heteroatoms. The van der Waals surface area contributed by atoms with Crippen molar-refractivity contribution in [3.05, 3.63) is 36.9 Å². The van der Waals surface area contributed by atoms with E-state index in [1.807, 2.05) is 0 Å². The Morgan fingerprint density at radius 1 is 1.18 bits per heavy atom. The number of hydrogen-bond donors (Lipinski definition) is 2. The highest BCUT2D eigenvalue weighted by molar-refractivity contribution is 5.94. The maximum absolute atomic E-state index is 12.2. The molecule has 144 valence electrons. The van der Waals surface area contributed by atoms with Gasteiger partial charge in [-0.15, -0.1) is 12.3 Å². The highest BCUT2D eigenvalue weighted by Crippen LogP contribution is 2.37. The molecule has 2 amide bonds. The Kier molecular flexibility index (Phi) is 5.79. The van der Waals surface area contributed by atoms with Gasteiger partial charge >= 0.3 is 0 Å². The van der Waals surface area contributed by atoms with Crippen LogP contribution in [0.15, 0.2) is 47.1 Å². The average Bonchev–Trinajstić information content (AvgIpc) is 3.25. The summed E-state index contributed by atoms with van der Waals surface area (Å²) < 4.78 is 1.47. The molecule has 0 fully saturated rings. The van der Waals surface area contributed by atoms with E-state index in [9.17, 15) is 9.59 Å². The second-order valence-corrected chi connectivity index (χ2v) is 6.55. The molecule has 28 heavy (non-hydrogen) atoms. The number of nitrogens with zero attached hydrogens (tertiary/aromatic N) is 5. The molecule has 1 aromatic heterocycles. The minimum atomic E-state index is -0.484. The minimum absolute atomic E-state index is 0.117. The van der Waals surface area contributed by atoms with Crippen molar-refractivity contribution in [3.8, 4) is 12.3 Å². The second-order valence-electron chi connectivity index (χ2n) is 6.55. The van der Waals surface area contributed by atoms with E-state index >= 15 is 0 Å². The van der Waals surface area contributed by atoms with Gasteiger partial charge in [0.05, 0.1) is 0 Å². The summed E-state index contributed by atoms with van der Waals surface area (Å²) >= 11 is 0. The van der Waals surface area contributed by atoms with Crippen molar-refractivity contribution in [1.82, 2.24) is 14.8 Å². The molecule has 2 heterocycles. The third kappa shape index (κ3) is 5.01. The molecule has 0 saturated carbocycles. The van der Waals surface area contributed by atoms with Crippen molar-refractivity contribution in [2.24, 2.45) is 10.2 Å². The van der Waals surface area contributed by atoms with Gasteiger partial charge in [-0.2, -0.15) is 15.3 Å². The molecule has 1 aromatic carbocycles. The van der Waals surface area contributed by atoms with E-state index in [2.05, 4.69) is 36.9 Å². The van der Waals surface area contributed by atoms with Gasteiger partial charge in [0.2, 0.25) is 11.8 Å². The van der Waals surface area contributed by atoms with Gasteiger partial charge in [-0.3, -0.25) is 9.59 Å². The van der Waals surface area contributed by atoms with E-state index in [0.717, 1.165) is 0 Å². The Morgan fingerprint density at radius 2 is 1.86 bits per heavy atom. The second kappa shape index (κ2) is 8.43. The molecule has 1 aliphatic heterocycles. The number of benzene rings is 1. The number of rotatable bonds is 9. The summed E-state index contributed by atoms with van der Waals surface area (Å²) in [6.07, 6.45) is 10.3. The fraction of sp³-hybridized carbons (Fsp3) is 0.368. The first kappa shape index (κ1) is 19.2. The van der Waals surface area contributed by atoms with E-state index in [1.165, 1.54) is 17.3 Å². The molecule has 0 aliphatic carbocycles. The topological polar surface area (TPSA) is 114 Å². The van der Waals surface area contributed by atoms with Crippen LogP contribution in [0.3, 0.4) is 0 Å². The van der Waals surface area contributed by atoms with Gasteiger partial charge in [0.15, 0.2) is 5.66 Å². The number of amides is 2. The van der Waals surface area contributed by atoms with Crippen molar-refractivity contribution in [2.75, 3.05) is 10.6 Å². The third-order valence-corrected chi connectivity index (χ3v) is 4.45. The molecule has 1 aliphatic rings. The van der Waals surface area contributed by atoms with Gasteiger partial charge in [-0.05, 0) is 31.2 Å². The average molecular weight is 379 g/mol. The number of carbonyl (C=O) groups excluding carboxylic acids is 2. The number of hydrogen-bond acceptors (Lipinski definition) is 6.